The highest BCUT2D eigenvalue weighted by molar-refractivity contribution is 7.99. The Hall–Kier alpha value is -0.870. The normalized spacial score (nSPS) is 19.6. The zero-order valence-corrected chi connectivity index (χ0v) is 11.8. The lowest BCUT2D eigenvalue weighted by atomic mass is 10.2. The number of aromatic nitrogens is 2. The molecule has 1 aromatic carbocycles. The van der Waals surface area contributed by atoms with Gasteiger partial charge < -0.3 is 9.30 Å². The minimum absolute atomic E-state index is 0.457. The Bertz CT molecular complexity index is 563. The molecule has 5 heteroatoms. The van der Waals surface area contributed by atoms with Crippen molar-refractivity contribution in [2.24, 2.45) is 0 Å². The van der Waals surface area contributed by atoms with Gasteiger partial charge in [-0.05, 0) is 24.3 Å². The van der Waals surface area contributed by atoms with E-state index in [1.165, 1.54) is 17.7 Å². The van der Waals surface area contributed by atoms with Crippen LogP contribution in [0.15, 0.2) is 18.2 Å². The number of rotatable bonds is 3. The van der Waals surface area contributed by atoms with Gasteiger partial charge in [-0.15, -0.1) is 11.6 Å². The smallest absolute Gasteiger partial charge is 0.125 e. The van der Waals surface area contributed by atoms with Gasteiger partial charge in [0.25, 0.3) is 0 Å². The van der Waals surface area contributed by atoms with Gasteiger partial charge in [0.15, 0.2) is 0 Å². The topological polar surface area (TPSA) is 27.1 Å². The first-order valence-electron chi connectivity index (χ1n) is 6.02. The van der Waals surface area contributed by atoms with Crippen LogP contribution in [0.1, 0.15) is 18.3 Å². The van der Waals surface area contributed by atoms with Crippen molar-refractivity contribution in [3.63, 3.8) is 0 Å². The number of thioether (sulfide) groups is 1. The van der Waals surface area contributed by atoms with Crippen LogP contribution in [0.3, 0.4) is 0 Å². The van der Waals surface area contributed by atoms with E-state index in [2.05, 4.69) is 15.6 Å². The van der Waals surface area contributed by atoms with Crippen LogP contribution in [0, 0.1) is 0 Å². The maximum Gasteiger partial charge on any atom is 0.125 e. The fourth-order valence-electron chi connectivity index (χ4n) is 2.48. The Labute approximate surface area is 115 Å². The third-order valence-electron chi connectivity index (χ3n) is 3.36. The molecule has 1 saturated heterocycles. The van der Waals surface area contributed by atoms with Gasteiger partial charge >= 0.3 is 0 Å². The number of methoxy groups -OCH3 is 1. The molecule has 0 radical (unpaired) electrons. The summed E-state index contributed by atoms with van der Waals surface area (Å²) in [5.74, 6) is 4.64. The highest BCUT2D eigenvalue weighted by Crippen LogP contribution is 2.33. The van der Waals surface area contributed by atoms with Crippen LogP contribution in [0.25, 0.3) is 11.0 Å². The molecule has 0 bridgehead atoms. The number of hydrogen-bond acceptors (Lipinski definition) is 3. The molecule has 18 heavy (non-hydrogen) atoms. The average Bonchev–Trinajstić information content (AvgIpc) is 3.03. The summed E-state index contributed by atoms with van der Waals surface area (Å²) in [6.07, 6.45) is 1.20. The highest BCUT2D eigenvalue weighted by Gasteiger charge is 2.22. The van der Waals surface area contributed by atoms with Gasteiger partial charge in [0.05, 0.1) is 24.0 Å². The van der Waals surface area contributed by atoms with Gasteiger partial charge in [0, 0.05) is 17.9 Å². The molecule has 1 fully saturated rings. The summed E-state index contributed by atoms with van der Waals surface area (Å²) < 4.78 is 7.55. The van der Waals surface area contributed by atoms with Crippen LogP contribution in [0.2, 0.25) is 0 Å². The van der Waals surface area contributed by atoms with E-state index in [1.54, 1.807) is 7.11 Å². The van der Waals surface area contributed by atoms with Crippen LogP contribution >= 0.6 is 23.4 Å². The number of nitrogens with zero attached hydrogens (tertiary/aromatic N) is 2. The summed E-state index contributed by atoms with van der Waals surface area (Å²) >= 11 is 8.03. The number of fused-ring (bicyclic) bond motifs is 1. The van der Waals surface area contributed by atoms with Gasteiger partial charge in [-0.2, -0.15) is 11.8 Å². The van der Waals surface area contributed by atoms with Crippen molar-refractivity contribution < 1.29 is 4.74 Å². The average molecular weight is 283 g/mol. The van der Waals surface area contributed by atoms with E-state index >= 15 is 0 Å². The molecule has 3 nitrogen and oxygen atoms in total. The summed E-state index contributed by atoms with van der Waals surface area (Å²) in [6, 6.07) is 6.58. The first kappa shape index (κ1) is 12.2. The molecule has 3 rings (SSSR count). The van der Waals surface area contributed by atoms with Crippen molar-refractivity contribution in [2.45, 2.75) is 18.3 Å². The van der Waals surface area contributed by atoms with Crippen LogP contribution in [-0.4, -0.2) is 28.2 Å². The zero-order valence-electron chi connectivity index (χ0n) is 10.2. The van der Waals surface area contributed by atoms with Gasteiger partial charge in [-0.25, -0.2) is 4.98 Å². The third kappa shape index (κ3) is 1.97. The predicted octanol–water partition coefficient (Wildman–Crippen LogP) is 3.46. The van der Waals surface area contributed by atoms with Crippen LogP contribution in [0.4, 0.5) is 0 Å². The molecule has 0 aliphatic carbocycles. The summed E-state index contributed by atoms with van der Waals surface area (Å²) in [5, 5.41) is 0. The van der Waals surface area contributed by atoms with E-state index in [9.17, 15) is 0 Å². The van der Waals surface area contributed by atoms with Crippen LogP contribution in [-0.2, 0) is 5.88 Å². The summed E-state index contributed by atoms with van der Waals surface area (Å²) in [4.78, 5) is 4.63. The van der Waals surface area contributed by atoms with Gasteiger partial charge in [-0.1, -0.05) is 0 Å². The van der Waals surface area contributed by atoms with Crippen molar-refractivity contribution in [3.05, 3.63) is 24.0 Å². The Morgan fingerprint density at radius 1 is 1.56 bits per heavy atom. The molecule has 1 aliphatic rings. The van der Waals surface area contributed by atoms with E-state index in [-0.39, 0.29) is 0 Å². The standard InChI is InChI=1S/C13H15ClN2OS/c1-17-10-2-3-12-11(6-10)15-13(7-14)16(12)9-4-5-18-8-9/h2-3,6,9H,4-5,7-8H2,1H3. The van der Waals surface area contributed by atoms with Crippen molar-refractivity contribution >= 4 is 34.4 Å². The number of imidazole rings is 1. The Morgan fingerprint density at radius 2 is 2.44 bits per heavy atom. The van der Waals surface area contributed by atoms with Crippen molar-refractivity contribution in [3.8, 4) is 5.75 Å². The number of ether oxygens (including phenoxy) is 1. The second kappa shape index (κ2) is 5.02. The number of hydrogen-bond donors (Lipinski definition) is 0. The molecule has 2 aromatic rings. The minimum atomic E-state index is 0.457. The maximum atomic E-state index is 6.03. The SMILES string of the molecule is COc1ccc2c(c1)nc(CCl)n2C1CCSC1. The maximum absolute atomic E-state index is 6.03. The summed E-state index contributed by atoms with van der Waals surface area (Å²) in [5.41, 5.74) is 2.14. The van der Waals surface area contributed by atoms with E-state index in [4.69, 9.17) is 16.3 Å². The second-order valence-electron chi connectivity index (χ2n) is 4.40. The number of halogens is 1. The molecule has 0 saturated carbocycles. The lowest BCUT2D eigenvalue weighted by molar-refractivity contribution is 0.415. The minimum Gasteiger partial charge on any atom is -0.497 e. The molecule has 96 valence electrons. The zero-order chi connectivity index (χ0) is 12.5. The lowest BCUT2D eigenvalue weighted by Gasteiger charge is -2.14. The third-order valence-corrected chi connectivity index (χ3v) is 4.74. The molecule has 0 N–H and O–H groups in total. The molecule has 1 aromatic heterocycles. The van der Waals surface area contributed by atoms with E-state index < -0.39 is 0 Å². The van der Waals surface area contributed by atoms with E-state index in [0.29, 0.717) is 11.9 Å². The predicted molar refractivity (Wildman–Crippen MR) is 76.8 cm³/mol. The van der Waals surface area contributed by atoms with Gasteiger partial charge in [0.1, 0.15) is 11.6 Å². The van der Waals surface area contributed by atoms with Crippen LogP contribution in [0.5, 0.6) is 5.75 Å². The molecule has 1 atom stereocenters. The Balaban J connectivity index is 2.15. The quantitative estimate of drug-likeness (QED) is 0.807. The molecule has 0 spiro atoms. The molecular weight excluding hydrogens is 268 g/mol. The fraction of sp³-hybridized carbons (Fsp3) is 0.462. The van der Waals surface area contributed by atoms with E-state index in [0.717, 1.165) is 22.8 Å². The van der Waals surface area contributed by atoms with E-state index in [1.807, 2.05) is 23.9 Å². The fourth-order valence-corrected chi connectivity index (χ4v) is 3.86. The molecule has 1 unspecified atom stereocenters. The molecule has 2 heterocycles. The molecule has 0 amide bonds. The monoisotopic (exact) mass is 282 g/mol. The van der Waals surface area contributed by atoms with Gasteiger partial charge in [0.2, 0.25) is 0 Å². The van der Waals surface area contributed by atoms with Crippen molar-refractivity contribution in [2.75, 3.05) is 18.6 Å². The first-order chi connectivity index (χ1) is 8.83. The summed E-state index contributed by atoms with van der Waals surface area (Å²) in [6.45, 7) is 0. The number of alkyl halides is 1. The van der Waals surface area contributed by atoms with Crippen molar-refractivity contribution in [1.29, 1.82) is 0 Å². The van der Waals surface area contributed by atoms with Crippen LogP contribution < -0.4 is 4.74 Å². The number of benzene rings is 1. The largest absolute Gasteiger partial charge is 0.497 e. The van der Waals surface area contributed by atoms with Crippen molar-refractivity contribution in [1.82, 2.24) is 9.55 Å². The first-order valence-corrected chi connectivity index (χ1v) is 7.71. The second-order valence-corrected chi connectivity index (χ2v) is 5.82. The molecular formula is C13H15ClN2OS. The Morgan fingerprint density at radius 3 is 3.11 bits per heavy atom. The lowest BCUT2D eigenvalue weighted by Crippen LogP contribution is -2.10. The van der Waals surface area contributed by atoms with Gasteiger partial charge in [-0.3, -0.25) is 0 Å². The Kier molecular flexibility index (Phi) is 3.39. The summed E-state index contributed by atoms with van der Waals surface area (Å²) in [7, 11) is 1.67. The highest BCUT2D eigenvalue weighted by atomic mass is 35.5. The molecule has 1 aliphatic heterocycles.